The molecule has 0 fully saturated rings. The number of nitrogens with two attached hydrogens (primary N) is 1. The molecule has 1 nitrogen and oxygen atoms in total. The molecule has 0 aliphatic carbocycles. The lowest BCUT2D eigenvalue weighted by atomic mass is 10.1. The van der Waals surface area contributed by atoms with Crippen molar-refractivity contribution in [2.45, 2.75) is 12.3 Å². The summed E-state index contributed by atoms with van der Waals surface area (Å²) < 4.78 is 12.7. The Hall–Kier alpha value is -0.570. The standard InChI is InChI=1S/C8H9BrFN/c1-5-6(4-9)2-7(10)3-8(5)11/h2-3H,4,11H2,1H3. The lowest BCUT2D eigenvalue weighted by Gasteiger charge is -2.04. The van der Waals surface area contributed by atoms with Crippen LogP contribution < -0.4 is 5.73 Å². The molecule has 2 N–H and O–H groups in total. The highest BCUT2D eigenvalue weighted by Crippen LogP contribution is 2.19. The van der Waals surface area contributed by atoms with Crippen LogP contribution in [0.15, 0.2) is 12.1 Å². The molecule has 0 saturated heterocycles. The van der Waals surface area contributed by atoms with Gasteiger partial charge in [-0.3, -0.25) is 0 Å². The van der Waals surface area contributed by atoms with Crippen LogP contribution in [0.1, 0.15) is 11.1 Å². The van der Waals surface area contributed by atoms with Gasteiger partial charge in [-0.15, -0.1) is 0 Å². The highest BCUT2D eigenvalue weighted by molar-refractivity contribution is 9.08. The summed E-state index contributed by atoms with van der Waals surface area (Å²) in [6.07, 6.45) is 0. The molecule has 0 saturated carbocycles. The second kappa shape index (κ2) is 3.22. The molecule has 0 spiro atoms. The van der Waals surface area contributed by atoms with Crippen LogP contribution in [0, 0.1) is 12.7 Å². The molecule has 0 aliphatic rings. The van der Waals surface area contributed by atoms with E-state index in [0.29, 0.717) is 11.0 Å². The zero-order valence-corrected chi connectivity index (χ0v) is 7.78. The summed E-state index contributed by atoms with van der Waals surface area (Å²) in [6.45, 7) is 1.88. The molecule has 0 heterocycles. The molecule has 0 aliphatic heterocycles. The van der Waals surface area contributed by atoms with Crippen LogP contribution in [0.25, 0.3) is 0 Å². The van der Waals surface area contributed by atoms with Crippen molar-refractivity contribution in [3.8, 4) is 0 Å². The highest BCUT2D eigenvalue weighted by atomic mass is 79.9. The minimum absolute atomic E-state index is 0.275. The molecule has 0 amide bonds. The first-order chi connectivity index (χ1) is 5.15. The van der Waals surface area contributed by atoms with Gasteiger partial charge >= 0.3 is 0 Å². The van der Waals surface area contributed by atoms with Crippen LogP contribution in [-0.2, 0) is 5.33 Å². The van der Waals surface area contributed by atoms with Crippen molar-refractivity contribution < 1.29 is 4.39 Å². The lowest BCUT2D eigenvalue weighted by Crippen LogP contribution is -1.95. The third kappa shape index (κ3) is 1.71. The number of benzene rings is 1. The fourth-order valence-corrected chi connectivity index (χ4v) is 1.48. The summed E-state index contributed by atoms with van der Waals surface area (Å²) in [5.41, 5.74) is 7.90. The molecule has 0 atom stereocenters. The first-order valence-corrected chi connectivity index (χ1v) is 4.37. The van der Waals surface area contributed by atoms with Gasteiger partial charge in [-0.25, -0.2) is 4.39 Å². The number of rotatable bonds is 1. The number of nitrogen functional groups attached to an aromatic ring is 1. The summed E-state index contributed by atoms with van der Waals surface area (Å²) in [6, 6.07) is 2.82. The molecule has 0 aromatic heterocycles. The highest BCUT2D eigenvalue weighted by Gasteiger charge is 2.02. The zero-order valence-electron chi connectivity index (χ0n) is 6.20. The van der Waals surface area contributed by atoms with E-state index in [1.807, 2.05) is 6.92 Å². The maximum Gasteiger partial charge on any atom is 0.125 e. The normalized spacial score (nSPS) is 10.1. The van der Waals surface area contributed by atoms with Crippen molar-refractivity contribution in [2.24, 2.45) is 0 Å². The first-order valence-electron chi connectivity index (χ1n) is 3.25. The largest absolute Gasteiger partial charge is 0.398 e. The molecule has 1 aromatic rings. The average Bonchev–Trinajstić information content (AvgIpc) is 1.96. The van der Waals surface area contributed by atoms with Crippen LogP contribution in [-0.4, -0.2) is 0 Å². The topological polar surface area (TPSA) is 26.0 Å². The van der Waals surface area contributed by atoms with Gasteiger partial charge in [0.2, 0.25) is 0 Å². The minimum atomic E-state index is -0.275. The predicted octanol–water partition coefficient (Wildman–Crippen LogP) is 2.61. The van der Waals surface area contributed by atoms with E-state index in [1.54, 1.807) is 0 Å². The first kappa shape index (κ1) is 8.53. The van der Waals surface area contributed by atoms with Crippen molar-refractivity contribution in [1.82, 2.24) is 0 Å². The number of anilines is 1. The summed E-state index contributed by atoms with van der Waals surface area (Å²) in [5.74, 6) is -0.275. The summed E-state index contributed by atoms with van der Waals surface area (Å²) in [7, 11) is 0. The Morgan fingerprint density at radius 1 is 1.55 bits per heavy atom. The van der Waals surface area contributed by atoms with E-state index < -0.39 is 0 Å². The molecular weight excluding hydrogens is 209 g/mol. The quantitative estimate of drug-likeness (QED) is 0.569. The van der Waals surface area contributed by atoms with E-state index in [0.717, 1.165) is 11.1 Å². The Kier molecular flexibility index (Phi) is 2.49. The molecular formula is C8H9BrFN. The second-order valence-electron chi connectivity index (χ2n) is 2.41. The van der Waals surface area contributed by atoms with Gasteiger partial charge in [0.05, 0.1) is 0 Å². The molecule has 1 aromatic carbocycles. The molecule has 0 bridgehead atoms. The van der Waals surface area contributed by atoms with Crippen LogP contribution >= 0.6 is 15.9 Å². The van der Waals surface area contributed by atoms with Gasteiger partial charge < -0.3 is 5.73 Å². The van der Waals surface area contributed by atoms with Gasteiger partial charge in [0.1, 0.15) is 5.82 Å². The van der Waals surface area contributed by atoms with Gasteiger partial charge in [0.25, 0.3) is 0 Å². The van der Waals surface area contributed by atoms with E-state index in [2.05, 4.69) is 15.9 Å². The summed E-state index contributed by atoms with van der Waals surface area (Å²) in [5, 5.41) is 0.640. The summed E-state index contributed by atoms with van der Waals surface area (Å²) >= 11 is 3.25. The summed E-state index contributed by atoms with van der Waals surface area (Å²) in [4.78, 5) is 0. The van der Waals surface area contributed by atoms with Crippen molar-refractivity contribution in [2.75, 3.05) is 5.73 Å². The number of hydrogen-bond donors (Lipinski definition) is 1. The van der Waals surface area contributed by atoms with Gasteiger partial charge in [0.15, 0.2) is 0 Å². The molecule has 1 rings (SSSR count). The maximum absolute atomic E-state index is 12.7. The molecule has 0 radical (unpaired) electrons. The van der Waals surface area contributed by atoms with Crippen molar-refractivity contribution >= 4 is 21.6 Å². The smallest absolute Gasteiger partial charge is 0.125 e. The lowest BCUT2D eigenvalue weighted by molar-refractivity contribution is 0.626. The fourth-order valence-electron chi connectivity index (χ4n) is 0.897. The third-order valence-electron chi connectivity index (χ3n) is 1.66. The Labute approximate surface area is 73.5 Å². The van der Waals surface area contributed by atoms with Crippen LogP contribution in [0.5, 0.6) is 0 Å². The van der Waals surface area contributed by atoms with Crippen LogP contribution in [0.2, 0.25) is 0 Å². The number of alkyl halides is 1. The molecule has 3 heteroatoms. The number of hydrogen-bond acceptors (Lipinski definition) is 1. The molecule has 11 heavy (non-hydrogen) atoms. The number of halogens is 2. The van der Waals surface area contributed by atoms with E-state index in [1.165, 1.54) is 12.1 Å². The fraction of sp³-hybridized carbons (Fsp3) is 0.250. The van der Waals surface area contributed by atoms with Gasteiger partial charge in [-0.1, -0.05) is 15.9 Å². The predicted molar refractivity (Wildman–Crippen MR) is 48.2 cm³/mol. The Bertz CT molecular complexity index is 273. The van der Waals surface area contributed by atoms with Crippen LogP contribution in [0.3, 0.4) is 0 Å². The average molecular weight is 218 g/mol. The van der Waals surface area contributed by atoms with Gasteiger partial charge in [0, 0.05) is 11.0 Å². The third-order valence-corrected chi connectivity index (χ3v) is 2.27. The van der Waals surface area contributed by atoms with Gasteiger partial charge in [-0.05, 0) is 30.2 Å². The SMILES string of the molecule is Cc1c(N)cc(F)cc1CBr. The van der Waals surface area contributed by atoms with E-state index in [-0.39, 0.29) is 5.82 Å². The zero-order chi connectivity index (χ0) is 8.43. The minimum Gasteiger partial charge on any atom is -0.398 e. The second-order valence-corrected chi connectivity index (χ2v) is 2.97. The Morgan fingerprint density at radius 3 is 2.73 bits per heavy atom. The Morgan fingerprint density at radius 2 is 2.18 bits per heavy atom. The molecule has 60 valence electrons. The Balaban J connectivity index is 3.24. The van der Waals surface area contributed by atoms with Crippen molar-refractivity contribution in [3.05, 3.63) is 29.1 Å². The van der Waals surface area contributed by atoms with E-state index >= 15 is 0 Å². The van der Waals surface area contributed by atoms with E-state index in [4.69, 9.17) is 5.73 Å². The maximum atomic E-state index is 12.7. The van der Waals surface area contributed by atoms with Gasteiger partial charge in [-0.2, -0.15) is 0 Å². The van der Waals surface area contributed by atoms with Crippen molar-refractivity contribution in [1.29, 1.82) is 0 Å². The molecule has 0 unspecified atom stereocenters. The monoisotopic (exact) mass is 217 g/mol. The van der Waals surface area contributed by atoms with Crippen LogP contribution in [0.4, 0.5) is 10.1 Å². The van der Waals surface area contributed by atoms with E-state index in [9.17, 15) is 4.39 Å². The van der Waals surface area contributed by atoms with Crippen molar-refractivity contribution in [3.63, 3.8) is 0 Å².